The number of Topliss-reactive ketones (excluding diaryl/α,β-unsaturated/α-hetero) is 1. The van der Waals surface area contributed by atoms with Crippen LogP contribution < -0.4 is 0 Å². The molecule has 0 unspecified atom stereocenters. The fourth-order valence-electron chi connectivity index (χ4n) is 2.38. The summed E-state index contributed by atoms with van der Waals surface area (Å²) in [6, 6.07) is 0. The third kappa shape index (κ3) is 8.96. The van der Waals surface area contributed by atoms with Crippen molar-refractivity contribution in [3.05, 3.63) is 37.0 Å². The van der Waals surface area contributed by atoms with Gasteiger partial charge in [0.25, 0.3) is 0 Å². The Kier molecular flexibility index (Phi) is 11.7. The van der Waals surface area contributed by atoms with Gasteiger partial charge in [-0.15, -0.1) is 13.2 Å². The number of ether oxygens (including phenoxy) is 1. The molecule has 0 aliphatic carbocycles. The van der Waals surface area contributed by atoms with Crippen molar-refractivity contribution < 1.29 is 14.6 Å². The van der Waals surface area contributed by atoms with Crippen LogP contribution in [0.25, 0.3) is 0 Å². The summed E-state index contributed by atoms with van der Waals surface area (Å²) in [4.78, 5) is 11.8. The second kappa shape index (κ2) is 12.4. The number of rotatable bonds is 13. The van der Waals surface area contributed by atoms with Crippen molar-refractivity contribution in [3.63, 3.8) is 0 Å². The molecule has 0 fully saturated rings. The van der Waals surface area contributed by atoms with Crippen LogP contribution in [0.1, 0.15) is 52.4 Å². The lowest BCUT2D eigenvalue weighted by molar-refractivity contribution is -0.119. The van der Waals surface area contributed by atoms with Gasteiger partial charge in [0.1, 0.15) is 11.9 Å². The third-order valence-corrected chi connectivity index (χ3v) is 3.84. The van der Waals surface area contributed by atoms with Gasteiger partial charge in [0.2, 0.25) is 0 Å². The number of carbonyl (C=O) groups is 1. The second-order valence-corrected chi connectivity index (χ2v) is 5.87. The maximum absolute atomic E-state index is 11.8. The first-order valence-electron chi connectivity index (χ1n) is 8.09. The van der Waals surface area contributed by atoms with E-state index in [1.165, 1.54) is 0 Å². The molecule has 0 saturated heterocycles. The molecule has 0 radical (unpaired) electrons. The number of hydrogen-bond donors (Lipinski definition) is 1. The summed E-state index contributed by atoms with van der Waals surface area (Å²) >= 11 is 0. The molecular weight excluding hydrogens is 276 g/mol. The van der Waals surface area contributed by atoms with Gasteiger partial charge in [-0.05, 0) is 32.6 Å². The Morgan fingerprint density at radius 3 is 2.45 bits per heavy atom. The first-order chi connectivity index (χ1) is 10.5. The summed E-state index contributed by atoms with van der Waals surface area (Å²) in [6.07, 6.45) is 9.47. The maximum Gasteiger partial charge on any atom is 0.133 e. The van der Waals surface area contributed by atoms with E-state index in [4.69, 9.17) is 4.74 Å². The Bertz CT molecular complexity index is 371. The molecule has 3 nitrogen and oxygen atoms in total. The predicted molar refractivity (Wildman–Crippen MR) is 92.8 cm³/mol. The molecule has 126 valence electrons. The van der Waals surface area contributed by atoms with Crippen LogP contribution in [0, 0.1) is 5.92 Å². The Morgan fingerprint density at radius 2 is 1.91 bits per heavy atom. The minimum atomic E-state index is -0.618. The molecule has 0 aliphatic heterocycles. The first-order valence-corrected chi connectivity index (χ1v) is 8.09. The largest absolute Gasteiger partial charge is 0.389 e. The lowest BCUT2D eigenvalue weighted by atomic mass is 9.95. The summed E-state index contributed by atoms with van der Waals surface area (Å²) in [6.45, 7) is 11.3. The Morgan fingerprint density at radius 1 is 1.23 bits per heavy atom. The number of ketones is 1. The van der Waals surface area contributed by atoms with E-state index >= 15 is 0 Å². The van der Waals surface area contributed by atoms with Crippen molar-refractivity contribution in [1.29, 1.82) is 0 Å². The highest BCUT2D eigenvalue weighted by molar-refractivity contribution is 5.78. The molecule has 0 saturated carbocycles. The second-order valence-electron chi connectivity index (χ2n) is 5.87. The minimum absolute atomic E-state index is 0.0364. The number of allylic oxidation sites excluding steroid dienone is 2. The van der Waals surface area contributed by atoms with E-state index in [2.05, 4.69) is 13.2 Å². The number of hydrogen-bond acceptors (Lipinski definition) is 3. The van der Waals surface area contributed by atoms with E-state index in [1.807, 2.05) is 26.0 Å². The molecule has 0 rings (SSSR count). The SMILES string of the molecule is C=CCCCCC(=O)CC/C(C)=C\[C@@H](C)[C@H](O)[C@H](C=C)OC. The normalized spacial score (nSPS) is 15.9. The molecule has 22 heavy (non-hydrogen) atoms. The molecule has 0 bridgehead atoms. The van der Waals surface area contributed by atoms with Gasteiger partial charge in [0, 0.05) is 25.9 Å². The lowest BCUT2D eigenvalue weighted by Crippen LogP contribution is -2.31. The van der Waals surface area contributed by atoms with E-state index in [0.29, 0.717) is 18.6 Å². The lowest BCUT2D eigenvalue weighted by Gasteiger charge is -2.22. The van der Waals surface area contributed by atoms with Crippen molar-refractivity contribution in [1.82, 2.24) is 0 Å². The molecule has 3 heteroatoms. The predicted octanol–water partition coefficient (Wildman–Crippen LogP) is 4.23. The molecule has 0 aromatic rings. The van der Waals surface area contributed by atoms with Crippen LogP contribution in [0.2, 0.25) is 0 Å². The van der Waals surface area contributed by atoms with Gasteiger partial charge in [0.15, 0.2) is 0 Å². The van der Waals surface area contributed by atoms with Crippen LogP contribution in [0.4, 0.5) is 0 Å². The number of methoxy groups -OCH3 is 1. The van der Waals surface area contributed by atoms with Gasteiger partial charge >= 0.3 is 0 Å². The fraction of sp³-hybridized carbons (Fsp3) is 0.632. The third-order valence-electron chi connectivity index (χ3n) is 3.84. The van der Waals surface area contributed by atoms with Crippen molar-refractivity contribution >= 4 is 5.78 Å². The van der Waals surface area contributed by atoms with Crippen LogP contribution in [-0.4, -0.2) is 30.2 Å². The van der Waals surface area contributed by atoms with Gasteiger partial charge < -0.3 is 9.84 Å². The van der Waals surface area contributed by atoms with Gasteiger partial charge in [0.05, 0.1) is 6.10 Å². The zero-order valence-corrected chi connectivity index (χ0v) is 14.4. The quantitative estimate of drug-likeness (QED) is 0.409. The van der Waals surface area contributed by atoms with Crippen molar-refractivity contribution in [3.8, 4) is 0 Å². The van der Waals surface area contributed by atoms with Crippen LogP contribution in [-0.2, 0) is 9.53 Å². The Balaban J connectivity index is 4.18. The van der Waals surface area contributed by atoms with Gasteiger partial charge in [-0.1, -0.05) is 30.7 Å². The summed E-state index contributed by atoms with van der Waals surface area (Å²) in [5.41, 5.74) is 1.13. The molecule has 0 aromatic carbocycles. The maximum atomic E-state index is 11.8. The number of aliphatic hydroxyl groups excluding tert-OH is 1. The standard InChI is InChI=1S/C19H32O3/c1-6-8-9-10-11-17(20)13-12-15(3)14-16(4)19(21)18(7-2)22-5/h6-7,14,16,18-19,21H,1-2,8-13H2,3-5H3/b15-14-/t16-,18+,19+/m1/s1. The summed E-state index contributed by atoms with van der Waals surface area (Å²) in [5.74, 6) is 0.275. The van der Waals surface area contributed by atoms with Gasteiger partial charge in [-0.3, -0.25) is 4.79 Å². The number of aliphatic hydroxyl groups is 1. The molecule has 0 heterocycles. The van der Waals surface area contributed by atoms with Gasteiger partial charge in [-0.25, -0.2) is 0 Å². The van der Waals surface area contributed by atoms with E-state index in [0.717, 1.165) is 31.3 Å². The van der Waals surface area contributed by atoms with Crippen molar-refractivity contribution in [2.24, 2.45) is 5.92 Å². The molecular formula is C19H32O3. The Labute approximate surface area is 135 Å². The monoisotopic (exact) mass is 308 g/mol. The van der Waals surface area contributed by atoms with E-state index in [1.54, 1.807) is 13.2 Å². The highest BCUT2D eigenvalue weighted by atomic mass is 16.5. The van der Waals surface area contributed by atoms with Crippen LogP contribution >= 0.6 is 0 Å². The summed E-state index contributed by atoms with van der Waals surface area (Å²) < 4.78 is 5.17. The van der Waals surface area contributed by atoms with Crippen LogP contribution in [0.5, 0.6) is 0 Å². The number of carbonyl (C=O) groups excluding carboxylic acids is 1. The summed E-state index contributed by atoms with van der Waals surface area (Å²) in [5, 5.41) is 10.2. The summed E-state index contributed by atoms with van der Waals surface area (Å²) in [7, 11) is 1.56. The molecule has 0 aliphatic rings. The average Bonchev–Trinajstić information content (AvgIpc) is 2.50. The van der Waals surface area contributed by atoms with E-state index in [-0.39, 0.29) is 12.0 Å². The van der Waals surface area contributed by atoms with Crippen molar-refractivity contribution in [2.45, 2.75) is 64.6 Å². The highest BCUT2D eigenvalue weighted by Gasteiger charge is 2.20. The molecule has 0 spiro atoms. The van der Waals surface area contributed by atoms with E-state index < -0.39 is 6.10 Å². The molecule has 1 N–H and O–H groups in total. The van der Waals surface area contributed by atoms with Crippen LogP contribution in [0.15, 0.2) is 37.0 Å². The fourth-order valence-corrected chi connectivity index (χ4v) is 2.38. The number of unbranched alkanes of at least 4 members (excludes halogenated alkanes) is 2. The molecule has 0 amide bonds. The zero-order chi connectivity index (χ0) is 17.0. The molecule has 3 atom stereocenters. The zero-order valence-electron chi connectivity index (χ0n) is 14.4. The van der Waals surface area contributed by atoms with Gasteiger partial charge in [-0.2, -0.15) is 0 Å². The van der Waals surface area contributed by atoms with Crippen molar-refractivity contribution in [2.75, 3.05) is 7.11 Å². The van der Waals surface area contributed by atoms with E-state index in [9.17, 15) is 9.90 Å². The smallest absolute Gasteiger partial charge is 0.133 e. The minimum Gasteiger partial charge on any atom is -0.389 e. The highest BCUT2D eigenvalue weighted by Crippen LogP contribution is 2.17. The Hall–Kier alpha value is -1.19. The first kappa shape index (κ1) is 20.8. The topological polar surface area (TPSA) is 46.5 Å². The molecule has 0 aromatic heterocycles. The average molecular weight is 308 g/mol. The van der Waals surface area contributed by atoms with Crippen LogP contribution in [0.3, 0.4) is 0 Å².